The van der Waals surface area contributed by atoms with E-state index >= 15 is 0 Å². The van der Waals surface area contributed by atoms with Crippen LogP contribution in [0.2, 0.25) is 0 Å². The van der Waals surface area contributed by atoms with Crippen LogP contribution in [0, 0.1) is 0 Å². The summed E-state index contributed by atoms with van der Waals surface area (Å²) in [7, 11) is 1.38. The first-order valence-corrected chi connectivity index (χ1v) is 9.27. The van der Waals surface area contributed by atoms with Crippen molar-refractivity contribution in [2.24, 2.45) is 0 Å². The van der Waals surface area contributed by atoms with Crippen LogP contribution >= 0.6 is 0 Å². The molecule has 2 aliphatic heterocycles. The molecule has 0 bridgehead atoms. The van der Waals surface area contributed by atoms with Gasteiger partial charge in [-0.3, -0.25) is 4.79 Å². The van der Waals surface area contributed by atoms with Gasteiger partial charge in [0.25, 0.3) is 5.91 Å². The normalized spacial score (nSPS) is 18.5. The summed E-state index contributed by atoms with van der Waals surface area (Å²) in [6.45, 7) is 2.57. The van der Waals surface area contributed by atoms with Gasteiger partial charge < -0.3 is 24.0 Å². The van der Waals surface area contributed by atoms with Gasteiger partial charge in [-0.2, -0.15) is 0 Å². The fraction of sp³-hybridized carbons (Fsp3) is 0.333. The van der Waals surface area contributed by atoms with E-state index in [1.165, 1.54) is 7.11 Å². The minimum atomic E-state index is -0.635. The minimum Gasteiger partial charge on any atom is -0.485 e. The Hall–Kier alpha value is -3.22. The number of hydrogen-bond acceptors (Lipinski definition) is 6. The summed E-state index contributed by atoms with van der Waals surface area (Å²) in [5.74, 6) is 0.824. The fourth-order valence-electron chi connectivity index (χ4n) is 3.54. The Morgan fingerprint density at radius 3 is 2.39 bits per heavy atom. The zero-order valence-electron chi connectivity index (χ0n) is 15.7. The highest BCUT2D eigenvalue weighted by Gasteiger charge is 2.33. The van der Waals surface area contributed by atoms with Gasteiger partial charge in [0.1, 0.15) is 6.61 Å². The van der Waals surface area contributed by atoms with Gasteiger partial charge >= 0.3 is 5.97 Å². The van der Waals surface area contributed by atoms with Crippen LogP contribution in [0.4, 0.5) is 5.69 Å². The summed E-state index contributed by atoms with van der Waals surface area (Å²) >= 11 is 0. The predicted molar refractivity (Wildman–Crippen MR) is 103 cm³/mol. The molecule has 1 unspecified atom stereocenters. The van der Waals surface area contributed by atoms with Crippen molar-refractivity contribution in [2.45, 2.75) is 6.10 Å². The summed E-state index contributed by atoms with van der Waals surface area (Å²) in [6, 6.07) is 14.7. The number of para-hydroxylation sites is 3. The first-order valence-electron chi connectivity index (χ1n) is 9.27. The number of carbonyl (C=O) groups excluding carboxylic acids is 2. The van der Waals surface area contributed by atoms with Crippen LogP contribution < -0.4 is 14.4 Å². The van der Waals surface area contributed by atoms with E-state index in [2.05, 4.69) is 4.90 Å². The lowest BCUT2D eigenvalue weighted by molar-refractivity contribution is -0.141. The second-order valence-corrected chi connectivity index (χ2v) is 6.69. The Morgan fingerprint density at radius 2 is 1.64 bits per heavy atom. The molecule has 2 aromatic carbocycles. The summed E-state index contributed by atoms with van der Waals surface area (Å²) in [5, 5.41) is 0. The SMILES string of the molecule is COC(=O)c1ccccc1N1CCN(C(=O)C2COc3ccccc3O2)CC1. The molecule has 28 heavy (non-hydrogen) atoms. The summed E-state index contributed by atoms with van der Waals surface area (Å²) < 4.78 is 16.4. The zero-order valence-corrected chi connectivity index (χ0v) is 15.7. The number of hydrogen-bond donors (Lipinski definition) is 0. The monoisotopic (exact) mass is 382 g/mol. The highest BCUT2D eigenvalue weighted by molar-refractivity contribution is 5.95. The number of benzene rings is 2. The third-order valence-corrected chi connectivity index (χ3v) is 5.03. The quantitative estimate of drug-likeness (QED) is 0.756. The van der Waals surface area contributed by atoms with Crippen LogP contribution in [-0.4, -0.2) is 62.8 Å². The molecule has 0 radical (unpaired) electrons. The number of ether oxygens (including phenoxy) is 3. The van der Waals surface area contributed by atoms with Crippen molar-refractivity contribution in [2.75, 3.05) is 44.8 Å². The van der Waals surface area contributed by atoms with Gasteiger partial charge in [0, 0.05) is 26.2 Å². The van der Waals surface area contributed by atoms with Crippen molar-refractivity contribution in [3.63, 3.8) is 0 Å². The molecule has 0 aromatic heterocycles. The number of methoxy groups -OCH3 is 1. The maximum atomic E-state index is 12.9. The lowest BCUT2D eigenvalue weighted by Crippen LogP contribution is -2.54. The molecule has 1 fully saturated rings. The molecular weight excluding hydrogens is 360 g/mol. The van der Waals surface area contributed by atoms with E-state index in [1.807, 2.05) is 36.4 Å². The largest absolute Gasteiger partial charge is 0.485 e. The van der Waals surface area contributed by atoms with Crippen molar-refractivity contribution in [1.82, 2.24) is 4.90 Å². The van der Waals surface area contributed by atoms with Gasteiger partial charge in [-0.1, -0.05) is 24.3 Å². The van der Waals surface area contributed by atoms with Crippen LogP contribution in [0.15, 0.2) is 48.5 Å². The Bertz CT molecular complexity index is 877. The average molecular weight is 382 g/mol. The Labute approximate surface area is 163 Å². The summed E-state index contributed by atoms with van der Waals surface area (Å²) in [5.41, 5.74) is 1.36. The predicted octanol–water partition coefficient (Wildman–Crippen LogP) is 1.96. The zero-order chi connectivity index (χ0) is 19.5. The molecule has 7 heteroatoms. The van der Waals surface area contributed by atoms with Crippen LogP contribution in [0.1, 0.15) is 10.4 Å². The summed E-state index contributed by atoms with van der Waals surface area (Å²) in [6.07, 6.45) is -0.635. The second-order valence-electron chi connectivity index (χ2n) is 6.69. The highest BCUT2D eigenvalue weighted by atomic mass is 16.6. The first-order chi connectivity index (χ1) is 13.7. The maximum Gasteiger partial charge on any atom is 0.339 e. The third kappa shape index (κ3) is 3.47. The number of rotatable bonds is 3. The molecule has 2 aromatic rings. The lowest BCUT2D eigenvalue weighted by Gasteiger charge is -2.38. The van der Waals surface area contributed by atoms with Crippen molar-refractivity contribution in [1.29, 1.82) is 0 Å². The summed E-state index contributed by atoms with van der Waals surface area (Å²) in [4.78, 5) is 28.8. The van der Waals surface area contributed by atoms with E-state index in [0.717, 1.165) is 5.69 Å². The molecule has 0 N–H and O–H groups in total. The molecule has 1 saturated heterocycles. The van der Waals surface area contributed by atoms with Crippen molar-refractivity contribution < 1.29 is 23.8 Å². The number of esters is 1. The van der Waals surface area contributed by atoms with E-state index in [4.69, 9.17) is 14.2 Å². The van der Waals surface area contributed by atoms with Crippen molar-refractivity contribution >= 4 is 17.6 Å². The van der Waals surface area contributed by atoms with Crippen molar-refractivity contribution in [3.05, 3.63) is 54.1 Å². The molecule has 0 saturated carbocycles. The van der Waals surface area contributed by atoms with Gasteiger partial charge in [-0.05, 0) is 24.3 Å². The van der Waals surface area contributed by atoms with Crippen LogP contribution in [-0.2, 0) is 9.53 Å². The third-order valence-electron chi connectivity index (χ3n) is 5.03. The molecule has 4 rings (SSSR count). The lowest BCUT2D eigenvalue weighted by atomic mass is 10.1. The molecule has 2 heterocycles. The van der Waals surface area contributed by atoms with Gasteiger partial charge in [-0.15, -0.1) is 0 Å². The Kier molecular flexibility index (Phi) is 5.06. The number of fused-ring (bicyclic) bond motifs is 1. The molecule has 1 atom stereocenters. The number of anilines is 1. The number of amides is 1. The molecule has 7 nitrogen and oxygen atoms in total. The number of nitrogens with zero attached hydrogens (tertiary/aromatic N) is 2. The smallest absolute Gasteiger partial charge is 0.339 e. The van der Waals surface area contributed by atoms with Gasteiger partial charge in [0.2, 0.25) is 6.10 Å². The van der Waals surface area contributed by atoms with Crippen LogP contribution in [0.25, 0.3) is 0 Å². The van der Waals surface area contributed by atoms with E-state index in [-0.39, 0.29) is 18.5 Å². The van der Waals surface area contributed by atoms with Gasteiger partial charge in [0.15, 0.2) is 11.5 Å². The molecule has 0 spiro atoms. The fourth-order valence-corrected chi connectivity index (χ4v) is 3.54. The van der Waals surface area contributed by atoms with Crippen molar-refractivity contribution in [3.8, 4) is 11.5 Å². The Balaban J connectivity index is 1.40. The van der Waals surface area contributed by atoms with E-state index in [1.54, 1.807) is 17.0 Å². The number of piperazine rings is 1. The highest BCUT2D eigenvalue weighted by Crippen LogP contribution is 2.31. The second kappa shape index (κ2) is 7.80. The van der Waals surface area contributed by atoms with E-state index < -0.39 is 6.10 Å². The number of carbonyl (C=O) groups is 2. The van der Waals surface area contributed by atoms with E-state index in [0.29, 0.717) is 43.2 Å². The van der Waals surface area contributed by atoms with Gasteiger partial charge in [-0.25, -0.2) is 4.79 Å². The standard InChI is InChI=1S/C21H22N2O5/c1-26-21(25)15-6-2-3-7-16(15)22-10-12-23(13-11-22)20(24)19-14-27-17-8-4-5-9-18(17)28-19/h2-9,19H,10-14H2,1H3. The molecule has 1 amide bonds. The van der Waals surface area contributed by atoms with Gasteiger partial charge in [0.05, 0.1) is 18.4 Å². The first kappa shape index (κ1) is 18.2. The average Bonchev–Trinajstić information content (AvgIpc) is 2.78. The molecule has 0 aliphatic carbocycles. The molecular formula is C21H22N2O5. The maximum absolute atomic E-state index is 12.9. The van der Waals surface area contributed by atoms with Crippen LogP contribution in [0.5, 0.6) is 11.5 Å². The molecule has 2 aliphatic rings. The molecule has 146 valence electrons. The topological polar surface area (TPSA) is 68.3 Å². The Morgan fingerprint density at radius 1 is 0.964 bits per heavy atom. The van der Waals surface area contributed by atoms with E-state index in [9.17, 15) is 9.59 Å². The van der Waals surface area contributed by atoms with Crippen LogP contribution in [0.3, 0.4) is 0 Å². The minimum absolute atomic E-state index is 0.0737.